The van der Waals surface area contributed by atoms with Gasteiger partial charge < -0.3 is 14.1 Å². The Bertz CT molecular complexity index is 1790. The first-order valence-corrected chi connectivity index (χ1v) is 13.1. The van der Waals surface area contributed by atoms with Gasteiger partial charge in [-0.25, -0.2) is 13.2 Å². The lowest BCUT2D eigenvalue weighted by atomic mass is 9.92. The quantitative estimate of drug-likeness (QED) is 0.353. The molecular formula is C28H24N2O5S. The van der Waals surface area contributed by atoms with Crippen LogP contribution in [0.4, 0.5) is 0 Å². The van der Waals surface area contributed by atoms with Crippen LogP contribution in [0.2, 0.25) is 0 Å². The molecule has 0 aliphatic carbocycles. The number of rotatable bonds is 4. The monoisotopic (exact) mass is 500 g/mol. The van der Waals surface area contributed by atoms with E-state index in [9.17, 15) is 13.2 Å². The molecular weight excluding hydrogens is 476 g/mol. The molecule has 182 valence electrons. The van der Waals surface area contributed by atoms with Crippen molar-refractivity contribution < 1.29 is 17.6 Å². The summed E-state index contributed by atoms with van der Waals surface area (Å²) in [6.45, 7) is 2.18. The maximum atomic E-state index is 14.0. The zero-order valence-electron chi connectivity index (χ0n) is 19.8. The summed E-state index contributed by atoms with van der Waals surface area (Å²) < 4.78 is 40.5. The van der Waals surface area contributed by atoms with Gasteiger partial charge in [0.15, 0.2) is 0 Å². The smallest absolute Gasteiger partial charge is 0.336 e. The molecule has 7 nitrogen and oxygen atoms in total. The molecule has 0 bridgehead atoms. The summed E-state index contributed by atoms with van der Waals surface area (Å²) in [6.07, 6.45) is 0.545. The number of hydrogen-bond donors (Lipinski definition) is 1. The number of aryl methyl sites for hydroxylation is 1. The van der Waals surface area contributed by atoms with Gasteiger partial charge in [-0.1, -0.05) is 35.9 Å². The van der Waals surface area contributed by atoms with Crippen LogP contribution in [0, 0.1) is 6.92 Å². The van der Waals surface area contributed by atoms with Gasteiger partial charge in [-0.3, -0.25) is 0 Å². The van der Waals surface area contributed by atoms with E-state index >= 15 is 0 Å². The lowest BCUT2D eigenvalue weighted by Crippen LogP contribution is -2.40. The van der Waals surface area contributed by atoms with E-state index in [-0.39, 0.29) is 11.4 Å². The van der Waals surface area contributed by atoms with Crippen LogP contribution in [0.3, 0.4) is 0 Å². The van der Waals surface area contributed by atoms with Crippen LogP contribution < -0.4 is 10.4 Å². The minimum atomic E-state index is -3.90. The van der Waals surface area contributed by atoms with Crippen LogP contribution in [-0.2, 0) is 16.4 Å². The molecule has 0 saturated carbocycles. The number of fused-ring (bicyclic) bond motifs is 4. The van der Waals surface area contributed by atoms with Gasteiger partial charge in [-0.15, -0.1) is 0 Å². The molecule has 5 aromatic rings. The number of aromatic nitrogens is 1. The average Bonchev–Trinajstić information content (AvgIpc) is 3.26. The van der Waals surface area contributed by atoms with Crippen molar-refractivity contribution in [3.63, 3.8) is 0 Å². The molecule has 36 heavy (non-hydrogen) atoms. The standard InChI is InChI=1S/C28H24N2O5S/c1-17-7-10-19(11-8-17)36(32,33)30-14-13-21-20-5-3-4-6-24(20)29-27(21)28(30)23-16-26(31)35-25-12-9-18(34-2)15-22(23)25/h3-12,15-16,28-29H,13-14H2,1-2H3. The summed E-state index contributed by atoms with van der Waals surface area (Å²) in [6, 6.07) is 20.6. The van der Waals surface area contributed by atoms with Crippen LogP contribution in [0.1, 0.15) is 28.4 Å². The first-order valence-electron chi connectivity index (χ1n) is 11.7. The first kappa shape index (κ1) is 22.6. The van der Waals surface area contributed by atoms with Crippen LogP contribution in [0.25, 0.3) is 21.9 Å². The van der Waals surface area contributed by atoms with Crippen molar-refractivity contribution in [2.75, 3.05) is 13.7 Å². The number of para-hydroxylation sites is 1. The maximum Gasteiger partial charge on any atom is 0.336 e. The molecule has 0 radical (unpaired) electrons. The average molecular weight is 501 g/mol. The Morgan fingerprint density at radius 1 is 1.00 bits per heavy atom. The van der Waals surface area contributed by atoms with Gasteiger partial charge in [-0.2, -0.15) is 4.31 Å². The number of methoxy groups -OCH3 is 1. The minimum absolute atomic E-state index is 0.211. The minimum Gasteiger partial charge on any atom is -0.497 e. The first-order chi connectivity index (χ1) is 17.4. The Morgan fingerprint density at radius 2 is 1.78 bits per heavy atom. The molecule has 0 saturated heterocycles. The van der Waals surface area contributed by atoms with E-state index in [0.717, 1.165) is 27.7 Å². The van der Waals surface area contributed by atoms with Gasteiger partial charge in [-0.05, 0) is 60.9 Å². The van der Waals surface area contributed by atoms with E-state index in [1.807, 2.05) is 31.2 Å². The topological polar surface area (TPSA) is 92.6 Å². The summed E-state index contributed by atoms with van der Waals surface area (Å²) in [5, 5.41) is 1.67. The molecule has 0 spiro atoms. The number of ether oxygens (including phenoxy) is 1. The third-order valence-corrected chi connectivity index (χ3v) is 8.77. The third-order valence-electron chi connectivity index (χ3n) is 6.89. The van der Waals surface area contributed by atoms with Gasteiger partial charge in [0.1, 0.15) is 11.3 Å². The van der Waals surface area contributed by atoms with Gasteiger partial charge >= 0.3 is 5.63 Å². The second-order valence-corrected chi connectivity index (χ2v) is 10.9. The number of nitrogens with one attached hydrogen (secondary N) is 1. The van der Waals surface area contributed by atoms with Gasteiger partial charge in [0.25, 0.3) is 0 Å². The van der Waals surface area contributed by atoms with E-state index in [4.69, 9.17) is 9.15 Å². The van der Waals surface area contributed by atoms with Crippen LogP contribution in [0.5, 0.6) is 5.75 Å². The van der Waals surface area contributed by atoms with E-state index in [0.29, 0.717) is 28.7 Å². The summed E-state index contributed by atoms with van der Waals surface area (Å²) in [4.78, 5) is 16.4. The molecule has 1 aliphatic rings. The van der Waals surface area contributed by atoms with Crippen molar-refractivity contribution in [2.24, 2.45) is 0 Å². The Labute approximate surface area is 208 Å². The number of nitrogens with zero attached hydrogens (tertiary/aromatic N) is 1. The molecule has 3 heterocycles. The predicted octanol–water partition coefficient (Wildman–Crippen LogP) is 4.93. The predicted molar refractivity (Wildman–Crippen MR) is 138 cm³/mol. The van der Waals surface area contributed by atoms with Crippen molar-refractivity contribution >= 4 is 31.9 Å². The highest BCUT2D eigenvalue weighted by atomic mass is 32.2. The maximum absolute atomic E-state index is 14.0. The molecule has 6 rings (SSSR count). The van der Waals surface area contributed by atoms with Crippen molar-refractivity contribution in [1.82, 2.24) is 9.29 Å². The number of H-pyrrole nitrogens is 1. The lowest BCUT2D eigenvalue weighted by molar-refractivity contribution is 0.340. The summed E-state index contributed by atoms with van der Waals surface area (Å²) >= 11 is 0. The molecule has 3 aromatic carbocycles. The van der Waals surface area contributed by atoms with E-state index in [2.05, 4.69) is 4.98 Å². The zero-order valence-corrected chi connectivity index (χ0v) is 20.6. The van der Waals surface area contributed by atoms with Crippen molar-refractivity contribution in [2.45, 2.75) is 24.3 Å². The highest BCUT2D eigenvalue weighted by molar-refractivity contribution is 7.89. The van der Waals surface area contributed by atoms with Crippen LogP contribution >= 0.6 is 0 Å². The molecule has 2 aromatic heterocycles. The normalized spacial score (nSPS) is 16.3. The summed E-state index contributed by atoms with van der Waals surface area (Å²) in [7, 11) is -2.34. The molecule has 1 aliphatic heterocycles. The largest absolute Gasteiger partial charge is 0.497 e. The fourth-order valence-corrected chi connectivity index (χ4v) is 6.73. The Balaban J connectivity index is 1.65. The second kappa shape index (κ2) is 8.36. The van der Waals surface area contributed by atoms with Crippen molar-refractivity contribution in [1.29, 1.82) is 0 Å². The van der Waals surface area contributed by atoms with Crippen molar-refractivity contribution in [3.8, 4) is 5.75 Å². The highest BCUT2D eigenvalue weighted by Gasteiger charge is 2.40. The number of benzene rings is 3. The van der Waals surface area contributed by atoms with E-state index < -0.39 is 21.7 Å². The molecule has 1 unspecified atom stereocenters. The highest BCUT2D eigenvalue weighted by Crippen LogP contribution is 2.43. The van der Waals surface area contributed by atoms with Crippen LogP contribution in [-0.4, -0.2) is 31.4 Å². The fraction of sp³-hybridized carbons (Fsp3) is 0.179. The van der Waals surface area contributed by atoms with E-state index in [1.54, 1.807) is 49.6 Å². The van der Waals surface area contributed by atoms with E-state index in [1.165, 1.54) is 10.4 Å². The summed E-state index contributed by atoms with van der Waals surface area (Å²) in [5.41, 5.74) is 4.08. The van der Waals surface area contributed by atoms with Gasteiger partial charge in [0.05, 0.1) is 18.0 Å². The van der Waals surface area contributed by atoms with Gasteiger partial charge in [0, 0.05) is 34.6 Å². The number of sulfonamides is 1. The number of hydrogen-bond acceptors (Lipinski definition) is 5. The Morgan fingerprint density at radius 3 is 2.56 bits per heavy atom. The molecule has 0 fully saturated rings. The fourth-order valence-electron chi connectivity index (χ4n) is 5.15. The molecule has 8 heteroatoms. The van der Waals surface area contributed by atoms with Crippen LogP contribution in [0.15, 0.2) is 86.9 Å². The molecule has 0 amide bonds. The Hall–Kier alpha value is -3.88. The molecule has 1 atom stereocenters. The second-order valence-electron chi connectivity index (χ2n) is 9.03. The lowest BCUT2D eigenvalue weighted by Gasteiger charge is -2.35. The zero-order chi connectivity index (χ0) is 25.0. The van der Waals surface area contributed by atoms with Gasteiger partial charge in [0.2, 0.25) is 10.0 Å². The Kier molecular flexibility index (Phi) is 5.24. The SMILES string of the molecule is COc1ccc2oc(=O)cc(C3c4[nH]c5ccccc5c4CCN3S(=O)(=O)c3ccc(C)cc3)c2c1. The summed E-state index contributed by atoms with van der Waals surface area (Å²) in [5.74, 6) is 0.582. The molecule has 1 N–H and O–H groups in total. The van der Waals surface area contributed by atoms with Crippen molar-refractivity contribution in [3.05, 3.63) is 106 Å². The third kappa shape index (κ3) is 3.53. The number of aromatic amines is 1.